The summed E-state index contributed by atoms with van der Waals surface area (Å²) in [5, 5.41) is 4.83. The summed E-state index contributed by atoms with van der Waals surface area (Å²) in [6.45, 7) is 5.88. The van der Waals surface area contributed by atoms with Crippen LogP contribution in [0.4, 0.5) is 0 Å². The van der Waals surface area contributed by atoms with E-state index in [1.54, 1.807) is 0 Å². The van der Waals surface area contributed by atoms with E-state index < -0.39 is 0 Å². The highest BCUT2D eigenvalue weighted by atomic mass is 79.9. The summed E-state index contributed by atoms with van der Waals surface area (Å²) in [4.78, 5) is 11.8. The highest BCUT2D eigenvalue weighted by molar-refractivity contribution is 9.10. The monoisotopic (exact) mass is 398 g/mol. The number of aryl methyl sites for hydroxylation is 1. The van der Waals surface area contributed by atoms with Gasteiger partial charge in [0.2, 0.25) is 0 Å². The number of halogens is 1. The number of likely N-dealkylation sites (tertiary alicyclic amines) is 1. The van der Waals surface area contributed by atoms with E-state index in [0.29, 0.717) is 6.54 Å². The molecule has 2 aromatic heterocycles. The smallest absolute Gasteiger partial charge is 0.165 e. The predicted molar refractivity (Wildman–Crippen MR) is 98.6 cm³/mol. The van der Waals surface area contributed by atoms with E-state index in [9.17, 15) is 0 Å². The zero-order valence-corrected chi connectivity index (χ0v) is 15.7. The molecule has 5 rings (SSSR count). The van der Waals surface area contributed by atoms with Crippen LogP contribution in [-0.2, 0) is 13.1 Å². The molecule has 7 heteroatoms. The van der Waals surface area contributed by atoms with Crippen molar-refractivity contribution in [3.63, 3.8) is 0 Å². The third kappa shape index (κ3) is 2.53. The zero-order valence-electron chi connectivity index (χ0n) is 14.1. The number of imidazole rings is 1. The van der Waals surface area contributed by atoms with E-state index in [-0.39, 0.29) is 0 Å². The third-order valence-electron chi connectivity index (χ3n) is 5.11. The van der Waals surface area contributed by atoms with Gasteiger partial charge in [0.15, 0.2) is 11.6 Å². The van der Waals surface area contributed by atoms with E-state index in [1.807, 2.05) is 11.0 Å². The molecule has 3 aromatic rings. The number of hydrogen-bond acceptors (Lipinski definition) is 4. The van der Waals surface area contributed by atoms with Crippen LogP contribution < -0.4 is 0 Å². The fourth-order valence-electron chi connectivity index (χ4n) is 3.81. The number of nitrogens with zero attached hydrogens (tertiary/aromatic N) is 6. The van der Waals surface area contributed by atoms with Gasteiger partial charge < -0.3 is 4.57 Å². The van der Waals surface area contributed by atoms with E-state index in [4.69, 9.17) is 10.1 Å². The third-order valence-corrected chi connectivity index (χ3v) is 5.61. The van der Waals surface area contributed by atoms with Crippen LogP contribution in [0.25, 0.3) is 17.1 Å². The quantitative estimate of drug-likeness (QED) is 0.520. The second kappa shape index (κ2) is 5.78. The Balaban J connectivity index is 1.65. The fraction of sp³-hybridized carbons (Fsp3) is 0.389. The number of benzene rings is 1. The van der Waals surface area contributed by atoms with Gasteiger partial charge in [-0.3, -0.25) is 4.90 Å². The number of fused-ring (bicyclic) bond motifs is 5. The predicted octanol–water partition coefficient (Wildman–Crippen LogP) is 3.16. The molecule has 1 saturated heterocycles. The summed E-state index contributed by atoms with van der Waals surface area (Å²) < 4.78 is 5.24. The molecule has 0 bridgehead atoms. The Labute approximate surface area is 154 Å². The molecular formula is C18H19BrN6. The van der Waals surface area contributed by atoms with Crippen molar-refractivity contribution in [2.45, 2.75) is 32.9 Å². The molecule has 128 valence electrons. The second-order valence-electron chi connectivity index (χ2n) is 6.80. The van der Waals surface area contributed by atoms with Gasteiger partial charge in [-0.25, -0.2) is 14.6 Å². The Kier molecular flexibility index (Phi) is 3.53. The van der Waals surface area contributed by atoms with Crippen LogP contribution in [0.3, 0.4) is 0 Å². The lowest BCUT2D eigenvalue weighted by Gasteiger charge is -2.11. The van der Waals surface area contributed by atoms with Gasteiger partial charge in [0.05, 0.1) is 36.5 Å². The van der Waals surface area contributed by atoms with Gasteiger partial charge in [0, 0.05) is 10.0 Å². The number of hydrogen-bond donors (Lipinski definition) is 0. The van der Waals surface area contributed by atoms with Crippen molar-refractivity contribution in [3.05, 3.63) is 46.2 Å². The maximum atomic E-state index is 4.90. The average molecular weight is 399 g/mol. The molecule has 0 N–H and O–H groups in total. The molecule has 0 saturated carbocycles. The topological polar surface area (TPSA) is 51.8 Å². The summed E-state index contributed by atoms with van der Waals surface area (Å²) in [5.74, 6) is 1.85. The van der Waals surface area contributed by atoms with E-state index in [2.05, 4.69) is 55.5 Å². The molecule has 0 aliphatic carbocycles. The SMILES string of the molecule is Cc1ncn2c1Cn1nc(CN3CCCC3)nc1-c1cc(Br)ccc1-2. The Morgan fingerprint density at radius 2 is 2.04 bits per heavy atom. The van der Waals surface area contributed by atoms with Gasteiger partial charge in [-0.05, 0) is 51.1 Å². The summed E-state index contributed by atoms with van der Waals surface area (Å²) >= 11 is 3.60. The van der Waals surface area contributed by atoms with Crippen molar-refractivity contribution >= 4 is 15.9 Å². The van der Waals surface area contributed by atoms with Crippen molar-refractivity contribution < 1.29 is 0 Å². The summed E-state index contributed by atoms with van der Waals surface area (Å²) in [6, 6.07) is 6.31. The van der Waals surface area contributed by atoms with Crippen LogP contribution >= 0.6 is 15.9 Å². The van der Waals surface area contributed by atoms with Crippen molar-refractivity contribution in [2.24, 2.45) is 0 Å². The standard InChI is InChI=1S/C18H19BrN6/c1-12-16-9-25-18(21-17(22-25)10-23-6-2-3-7-23)14-8-13(19)4-5-15(14)24(16)11-20-12/h4-5,8,11H,2-3,6-7,9-10H2,1H3. The van der Waals surface area contributed by atoms with Crippen molar-refractivity contribution in [2.75, 3.05) is 13.1 Å². The van der Waals surface area contributed by atoms with Crippen LogP contribution in [0.15, 0.2) is 29.0 Å². The fourth-order valence-corrected chi connectivity index (χ4v) is 4.17. The van der Waals surface area contributed by atoms with Crippen LogP contribution in [0.2, 0.25) is 0 Å². The lowest BCUT2D eigenvalue weighted by Crippen LogP contribution is -2.19. The van der Waals surface area contributed by atoms with Crippen molar-refractivity contribution in [3.8, 4) is 17.1 Å². The molecule has 2 aliphatic rings. The molecule has 6 nitrogen and oxygen atoms in total. The molecule has 1 fully saturated rings. The molecule has 4 heterocycles. The van der Waals surface area contributed by atoms with Gasteiger partial charge in [-0.1, -0.05) is 15.9 Å². The van der Waals surface area contributed by atoms with Crippen molar-refractivity contribution in [1.29, 1.82) is 0 Å². The van der Waals surface area contributed by atoms with Gasteiger partial charge in [0.25, 0.3) is 0 Å². The molecule has 0 amide bonds. The first-order valence-electron chi connectivity index (χ1n) is 8.68. The Hall–Kier alpha value is -1.99. The van der Waals surface area contributed by atoms with Gasteiger partial charge in [-0.15, -0.1) is 0 Å². The van der Waals surface area contributed by atoms with E-state index in [0.717, 1.165) is 52.7 Å². The average Bonchev–Trinajstić information content (AvgIpc) is 3.30. The normalized spacial score (nSPS) is 16.4. The Morgan fingerprint density at radius 3 is 2.88 bits per heavy atom. The summed E-state index contributed by atoms with van der Waals surface area (Å²) in [7, 11) is 0. The lowest BCUT2D eigenvalue weighted by atomic mass is 10.1. The zero-order chi connectivity index (χ0) is 17.0. The highest BCUT2D eigenvalue weighted by Gasteiger charge is 2.25. The minimum absolute atomic E-state index is 0.695. The number of aromatic nitrogens is 5. The highest BCUT2D eigenvalue weighted by Crippen LogP contribution is 2.33. The van der Waals surface area contributed by atoms with Crippen LogP contribution in [0.5, 0.6) is 0 Å². The van der Waals surface area contributed by atoms with Crippen LogP contribution in [0, 0.1) is 6.92 Å². The van der Waals surface area contributed by atoms with Gasteiger partial charge in [0.1, 0.15) is 0 Å². The molecule has 1 aromatic carbocycles. The van der Waals surface area contributed by atoms with Crippen molar-refractivity contribution in [1.82, 2.24) is 29.2 Å². The Morgan fingerprint density at radius 1 is 1.20 bits per heavy atom. The Bertz CT molecular complexity index is 951. The molecule has 0 unspecified atom stereocenters. The molecule has 2 aliphatic heterocycles. The van der Waals surface area contributed by atoms with Crippen LogP contribution in [-0.4, -0.2) is 42.3 Å². The first kappa shape index (κ1) is 15.3. The first-order valence-corrected chi connectivity index (χ1v) is 9.47. The summed E-state index contributed by atoms with van der Waals surface area (Å²) in [5.41, 5.74) is 4.40. The minimum atomic E-state index is 0.695. The maximum Gasteiger partial charge on any atom is 0.165 e. The van der Waals surface area contributed by atoms with E-state index in [1.165, 1.54) is 18.5 Å². The molecule has 25 heavy (non-hydrogen) atoms. The second-order valence-corrected chi connectivity index (χ2v) is 7.72. The molecule has 0 atom stereocenters. The lowest BCUT2D eigenvalue weighted by molar-refractivity contribution is 0.322. The minimum Gasteiger partial charge on any atom is -0.300 e. The first-order chi connectivity index (χ1) is 12.2. The largest absolute Gasteiger partial charge is 0.300 e. The summed E-state index contributed by atoms with van der Waals surface area (Å²) in [6.07, 6.45) is 4.46. The van der Waals surface area contributed by atoms with Crippen LogP contribution in [0.1, 0.15) is 30.1 Å². The molecule has 0 radical (unpaired) electrons. The van der Waals surface area contributed by atoms with Gasteiger partial charge >= 0.3 is 0 Å². The maximum absolute atomic E-state index is 4.90. The van der Waals surface area contributed by atoms with Gasteiger partial charge in [-0.2, -0.15) is 5.10 Å². The molecule has 0 spiro atoms. The van der Waals surface area contributed by atoms with E-state index >= 15 is 0 Å². The molecular weight excluding hydrogens is 380 g/mol. The number of rotatable bonds is 2.